The molecule has 8 nitrogen and oxygen atoms in total. The Hall–Kier alpha value is -2.74. The molecule has 1 saturated heterocycles. The SMILES string of the molecule is CN=C(NCCOCc1ccccc1OC)NC1CCCN(c2cnn(C)c2)C1. The summed E-state index contributed by atoms with van der Waals surface area (Å²) in [7, 11) is 5.42. The molecule has 1 aliphatic rings. The summed E-state index contributed by atoms with van der Waals surface area (Å²) in [5, 5.41) is 11.2. The normalized spacial score (nSPS) is 17.3. The van der Waals surface area contributed by atoms with Crippen molar-refractivity contribution in [1.29, 1.82) is 0 Å². The first-order valence-electron chi connectivity index (χ1n) is 10.1. The predicted octanol–water partition coefficient (Wildman–Crippen LogP) is 1.78. The van der Waals surface area contributed by atoms with Gasteiger partial charge in [0, 0.05) is 51.5 Å². The average Bonchev–Trinajstić information content (AvgIpc) is 3.19. The van der Waals surface area contributed by atoms with Crippen LogP contribution in [-0.2, 0) is 18.4 Å². The number of benzene rings is 1. The highest BCUT2D eigenvalue weighted by Crippen LogP contribution is 2.19. The van der Waals surface area contributed by atoms with Gasteiger partial charge in [-0.3, -0.25) is 9.67 Å². The summed E-state index contributed by atoms with van der Waals surface area (Å²) < 4.78 is 13.0. The van der Waals surface area contributed by atoms with Crippen LogP contribution in [0.4, 0.5) is 5.69 Å². The number of para-hydroxylation sites is 1. The molecule has 1 unspecified atom stereocenters. The second-order valence-electron chi connectivity index (χ2n) is 7.17. The van der Waals surface area contributed by atoms with Gasteiger partial charge in [0.05, 0.1) is 32.2 Å². The Morgan fingerprint density at radius 2 is 2.21 bits per heavy atom. The molecule has 158 valence electrons. The number of guanidine groups is 1. The first kappa shape index (κ1) is 21.0. The van der Waals surface area contributed by atoms with E-state index in [0.717, 1.165) is 43.2 Å². The van der Waals surface area contributed by atoms with Gasteiger partial charge in [-0.05, 0) is 18.9 Å². The maximum Gasteiger partial charge on any atom is 0.191 e. The lowest BCUT2D eigenvalue weighted by molar-refractivity contribution is 0.123. The van der Waals surface area contributed by atoms with Gasteiger partial charge in [-0.15, -0.1) is 0 Å². The number of aryl methyl sites for hydroxylation is 1. The fourth-order valence-electron chi connectivity index (χ4n) is 3.54. The Kier molecular flexibility index (Phi) is 7.75. The summed E-state index contributed by atoms with van der Waals surface area (Å²) >= 11 is 0. The fourth-order valence-corrected chi connectivity index (χ4v) is 3.54. The van der Waals surface area contributed by atoms with Crippen molar-refractivity contribution in [2.45, 2.75) is 25.5 Å². The first-order valence-corrected chi connectivity index (χ1v) is 10.1. The molecule has 2 N–H and O–H groups in total. The van der Waals surface area contributed by atoms with Crippen LogP contribution in [0.25, 0.3) is 0 Å². The largest absolute Gasteiger partial charge is 0.496 e. The summed E-state index contributed by atoms with van der Waals surface area (Å²) in [5.74, 6) is 1.66. The third kappa shape index (κ3) is 6.12. The van der Waals surface area contributed by atoms with Crippen LogP contribution >= 0.6 is 0 Å². The van der Waals surface area contributed by atoms with Gasteiger partial charge in [0.15, 0.2) is 5.96 Å². The molecular formula is C21H32N6O2. The summed E-state index contributed by atoms with van der Waals surface area (Å²) in [6.45, 7) is 3.81. The minimum absolute atomic E-state index is 0.352. The van der Waals surface area contributed by atoms with E-state index in [9.17, 15) is 0 Å². The van der Waals surface area contributed by atoms with E-state index in [-0.39, 0.29) is 0 Å². The number of hydrogen-bond donors (Lipinski definition) is 2. The molecule has 0 bridgehead atoms. The van der Waals surface area contributed by atoms with E-state index in [4.69, 9.17) is 9.47 Å². The number of nitrogens with zero attached hydrogens (tertiary/aromatic N) is 4. The van der Waals surface area contributed by atoms with Crippen molar-refractivity contribution in [2.24, 2.45) is 12.0 Å². The molecule has 0 amide bonds. The number of piperidine rings is 1. The number of hydrogen-bond acceptors (Lipinski definition) is 5. The summed E-state index contributed by atoms with van der Waals surface area (Å²) in [6, 6.07) is 8.26. The van der Waals surface area contributed by atoms with Crippen LogP contribution in [0.2, 0.25) is 0 Å². The molecule has 1 aliphatic heterocycles. The van der Waals surface area contributed by atoms with Gasteiger partial charge in [-0.2, -0.15) is 5.10 Å². The van der Waals surface area contributed by atoms with Gasteiger partial charge < -0.3 is 25.0 Å². The number of aliphatic imine (C=N–C) groups is 1. The Morgan fingerprint density at radius 1 is 1.34 bits per heavy atom. The van der Waals surface area contributed by atoms with Crippen molar-refractivity contribution in [3.63, 3.8) is 0 Å². The Balaban J connectivity index is 1.39. The van der Waals surface area contributed by atoms with Crippen molar-refractivity contribution in [3.8, 4) is 5.75 Å². The smallest absolute Gasteiger partial charge is 0.191 e. The third-order valence-corrected chi connectivity index (χ3v) is 5.03. The van der Waals surface area contributed by atoms with Crippen LogP contribution in [-0.4, -0.2) is 62.2 Å². The zero-order chi connectivity index (χ0) is 20.5. The van der Waals surface area contributed by atoms with Crippen LogP contribution in [0, 0.1) is 0 Å². The number of methoxy groups -OCH3 is 1. The van der Waals surface area contributed by atoms with Crippen LogP contribution in [0.3, 0.4) is 0 Å². The monoisotopic (exact) mass is 400 g/mol. The van der Waals surface area contributed by atoms with Crippen LogP contribution in [0.5, 0.6) is 5.75 Å². The molecule has 1 aromatic carbocycles. The Labute approximate surface area is 172 Å². The van der Waals surface area contributed by atoms with Crippen molar-refractivity contribution in [2.75, 3.05) is 45.3 Å². The number of ether oxygens (including phenoxy) is 2. The molecule has 0 radical (unpaired) electrons. The van der Waals surface area contributed by atoms with E-state index in [2.05, 4.69) is 31.8 Å². The molecule has 0 spiro atoms. The lowest BCUT2D eigenvalue weighted by Gasteiger charge is -2.34. The Bertz CT molecular complexity index is 791. The van der Waals surface area contributed by atoms with Gasteiger partial charge in [-0.1, -0.05) is 18.2 Å². The second kappa shape index (κ2) is 10.7. The van der Waals surface area contributed by atoms with Gasteiger partial charge in [0.2, 0.25) is 0 Å². The van der Waals surface area contributed by atoms with Gasteiger partial charge >= 0.3 is 0 Å². The van der Waals surface area contributed by atoms with Gasteiger partial charge in [0.25, 0.3) is 0 Å². The van der Waals surface area contributed by atoms with Crippen LogP contribution < -0.4 is 20.3 Å². The molecule has 3 rings (SSSR count). The number of rotatable bonds is 8. The van der Waals surface area contributed by atoms with E-state index in [1.54, 1.807) is 14.2 Å². The van der Waals surface area contributed by atoms with E-state index in [1.807, 2.05) is 42.2 Å². The molecule has 1 aromatic heterocycles. The molecule has 8 heteroatoms. The quantitative estimate of drug-likeness (QED) is 0.400. The maximum absolute atomic E-state index is 5.78. The molecular weight excluding hydrogens is 368 g/mol. The van der Waals surface area contributed by atoms with E-state index in [0.29, 0.717) is 25.8 Å². The van der Waals surface area contributed by atoms with Crippen molar-refractivity contribution in [3.05, 3.63) is 42.2 Å². The number of anilines is 1. The average molecular weight is 401 g/mol. The molecule has 29 heavy (non-hydrogen) atoms. The molecule has 0 aliphatic carbocycles. The van der Waals surface area contributed by atoms with Gasteiger partial charge in [0.1, 0.15) is 5.75 Å². The maximum atomic E-state index is 5.78. The zero-order valence-electron chi connectivity index (χ0n) is 17.6. The van der Waals surface area contributed by atoms with Crippen molar-refractivity contribution < 1.29 is 9.47 Å². The van der Waals surface area contributed by atoms with Crippen molar-refractivity contribution in [1.82, 2.24) is 20.4 Å². The first-order chi connectivity index (χ1) is 14.2. The minimum Gasteiger partial charge on any atom is -0.496 e. The molecule has 1 atom stereocenters. The minimum atomic E-state index is 0.352. The van der Waals surface area contributed by atoms with E-state index < -0.39 is 0 Å². The number of nitrogens with one attached hydrogen (secondary N) is 2. The van der Waals surface area contributed by atoms with E-state index >= 15 is 0 Å². The van der Waals surface area contributed by atoms with Crippen LogP contribution in [0.1, 0.15) is 18.4 Å². The highest BCUT2D eigenvalue weighted by Gasteiger charge is 2.21. The second-order valence-corrected chi connectivity index (χ2v) is 7.17. The summed E-state index contributed by atoms with van der Waals surface area (Å²) in [6.07, 6.45) is 6.26. The van der Waals surface area contributed by atoms with Gasteiger partial charge in [-0.25, -0.2) is 0 Å². The summed E-state index contributed by atoms with van der Waals surface area (Å²) in [4.78, 5) is 6.72. The molecule has 0 saturated carbocycles. The molecule has 2 aromatic rings. The number of aromatic nitrogens is 2. The zero-order valence-corrected chi connectivity index (χ0v) is 17.6. The third-order valence-electron chi connectivity index (χ3n) is 5.03. The van der Waals surface area contributed by atoms with Crippen molar-refractivity contribution >= 4 is 11.6 Å². The van der Waals surface area contributed by atoms with Crippen LogP contribution in [0.15, 0.2) is 41.7 Å². The Morgan fingerprint density at radius 3 is 2.97 bits per heavy atom. The predicted molar refractivity (Wildman–Crippen MR) is 116 cm³/mol. The lowest BCUT2D eigenvalue weighted by Crippen LogP contribution is -2.51. The standard InChI is InChI=1S/C21H32N6O2/c1-22-21(23-10-12-29-16-17-7-4-5-9-20(17)28-3)25-18-8-6-11-27(14-18)19-13-24-26(2)15-19/h4-5,7,9,13,15,18H,6,8,10-12,14,16H2,1-3H3,(H2,22,23,25). The fraction of sp³-hybridized carbons (Fsp3) is 0.524. The highest BCUT2D eigenvalue weighted by atomic mass is 16.5. The molecule has 1 fully saturated rings. The van der Waals surface area contributed by atoms with E-state index in [1.165, 1.54) is 5.69 Å². The summed E-state index contributed by atoms with van der Waals surface area (Å²) in [5.41, 5.74) is 2.22. The lowest BCUT2D eigenvalue weighted by atomic mass is 10.1. The molecule has 2 heterocycles. The highest BCUT2D eigenvalue weighted by molar-refractivity contribution is 5.80. The topological polar surface area (TPSA) is 75.9 Å².